The van der Waals surface area contributed by atoms with Crippen molar-refractivity contribution in [3.8, 4) is 5.75 Å². The average Bonchev–Trinajstić information content (AvgIpc) is 2.46. The molecular weight excluding hydrogens is 247 g/mol. The Balaban J connectivity index is 2.13. The van der Waals surface area contributed by atoms with E-state index in [-0.39, 0.29) is 24.8 Å². The molecule has 0 fully saturated rings. The van der Waals surface area contributed by atoms with Gasteiger partial charge in [0.1, 0.15) is 18.2 Å². The van der Waals surface area contributed by atoms with Crippen LogP contribution in [0.4, 0.5) is 4.39 Å². The fraction of sp³-hybridized carbons (Fsp3) is 0.133. The summed E-state index contributed by atoms with van der Waals surface area (Å²) in [6.45, 7) is 0.154. The minimum absolute atomic E-state index is 0.0593. The van der Waals surface area contributed by atoms with E-state index in [1.165, 1.54) is 24.3 Å². The van der Waals surface area contributed by atoms with Gasteiger partial charge in [0.25, 0.3) is 0 Å². The number of hydrogen-bond donors (Lipinski definition) is 1. The van der Waals surface area contributed by atoms with E-state index < -0.39 is 0 Å². The Morgan fingerprint density at radius 1 is 1.00 bits per heavy atom. The van der Waals surface area contributed by atoms with Crippen molar-refractivity contribution in [3.05, 3.63) is 65.5 Å². The Hall–Kier alpha value is -2.20. The molecular formula is C15H13FO3. The van der Waals surface area contributed by atoms with Crippen molar-refractivity contribution in [3.63, 3.8) is 0 Å². The smallest absolute Gasteiger partial charge is 0.193 e. The second kappa shape index (κ2) is 6.11. The third kappa shape index (κ3) is 3.39. The Bertz CT molecular complexity index is 547. The first-order valence-corrected chi connectivity index (χ1v) is 5.84. The molecule has 0 heterocycles. The van der Waals surface area contributed by atoms with Gasteiger partial charge in [-0.3, -0.25) is 4.79 Å². The largest absolute Gasteiger partial charge is 0.491 e. The number of carbonyl (C=O) groups excluding carboxylic acids is 1. The molecule has 0 spiro atoms. The molecule has 0 saturated carbocycles. The molecule has 19 heavy (non-hydrogen) atoms. The lowest BCUT2D eigenvalue weighted by molar-refractivity contribution is 0.103. The van der Waals surface area contributed by atoms with Gasteiger partial charge in [0.05, 0.1) is 6.61 Å². The van der Waals surface area contributed by atoms with Crippen molar-refractivity contribution in [2.75, 3.05) is 13.2 Å². The van der Waals surface area contributed by atoms with Gasteiger partial charge < -0.3 is 9.84 Å². The van der Waals surface area contributed by atoms with E-state index in [9.17, 15) is 9.18 Å². The van der Waals surface area contributed by atoms with Crippen LogP contribution in [0.2, 0.25) is 0 Å². The van der Waals surface area contributed by atoms with Gasteiger partial charge in [-0.05, 0) is 48.5 Å². The highest BCUT2D eigenvalue weighted by Gasteiger charge is 2.09. The molecule has 2 aromatic carbocycles. The predicted octanol–water partition coefficient (Wildman–Crippen LogP) is 2.43. The van der Waals surface area contributed by atoms with Crippen LogP contribution in [0.25, 0.3) is 0 Å². The van der Waals surface area contributed by atoms with Crippen molar-refractivity contribution in [1.29, 1.82) is 0 Å². The highest BCUT2D eigenvalue weighted by atomic mass is 19.1. The van der Waals surface area contributed by atoms with Gasteiger partial charge in [-0.25, -0.2) is 4.39 Å². The van der Waals surface area contributed by atoms with Gasteiger partial charge in [-0.1, -0.05) is 0 Å². The predicted molar refractivity (Wildman–Crippen MR) is 68.9 cm³/mol. The summed E-state index contributed by atoms with van der Waals surface area (Å²) >= 11 is 0. The summed E-state index contributed by atoms with van der Waals surface area (Å²) in [7, 11) is 0. The van der Waals surface area contributed by atoms with Gasteiger partial charge in [-0.2, -0.15) is 0 Å². The van der Waals surface area contributed by atoms with Crippen LogP contribution >= 0.6 is 0 Å². The van der Waals surface area contributed by atoms with E-state index in [1.54, 1.807) is 24.3 Å². The van der Waals surface area contributed by atoms with E-state index in [0.717, 1.165) is 0 Å². The summed E-state index contributed by atoms with van der Waals surface area (Å²) in [6, 6.07) is 12.0. The number of aliphatic hydroxyl groups excluding tert-OH is 1. The fourth-order valence-electron chi connectivity index (χ4n) is 1.63. The summed E-state index contributed by atoms with van der Waals surface area (Å²) in [6.07, 6.45) is 0. The van der Waals surface area contributed by atoms with Gasteiger partial charge in [0, 0.05) is 11.1 Å². The Kier molecular flexibility index (Phi) is 4.26. The lowest BCUT2D eigenvalue weighted by Gasteiger charge is -2.05. The van der Waals surface area contributed by atoms with Crippen LogP contribution in [-0.4, -0.2) is 24.1 Å². The molecule has 0 aliphatic rings. The maximum atomic E-state index is 12.8. The van der Waals surface area contributed by atoms with Crippen molar-refractivity contribution < 1.29 is 19.0 Å². The number of rotatable bonds is 5. The van der Waals surface area contributed by atoms with Crippen molar-refractivity contribution in [2.24, 2.45) is 0 Å². The van der Waals surface area contributed by atoms with E-state index in [1.807, 2.05) is 0 Å². The molecule has 0 radical (unpaired) electrons. The Labute approximate surface area is 110 Å². The van der Waals surface area contributed by atoms with Gasteiger partial charge in [0.15, 0.2) is 5.78 Å². The molecule has 0 atom stereocenters. The molecule has 0 aromatic heterocycles. The first-order valence-electron chi connectivity index (χ1n) is 5.84. The summed E-state index contributed by atoms with van der Waals surface area (Å²) in [5.41, 5.74) is 0.938. The number of ether oxygens (including phenoxy) is 1. The molecule has 4 heteroatoms. The molecule has 0 amide bonds. The standard InChI is InChI=1S/C15H13FO3/c16-13-5-1-11(2-6-13)15(18)12-3-7-14(8-4-12)19-10-9-17/h1-8,17H,9-10H2. The number of ketones is 1. The summed E-state index contributed by atoms with van der Waals surface area (Å²) in [5.74, 6) is 0.0442. The van der Waals surface area contributed by atoms with Crippen LogP contribution in [0.1, 0.15) is 15.9 Å². The Morgan fingerprint density at radius 2 is 1.53 bits per heavy atom. The number of benzene rings is 2. The molecule has 2 aromatic rings. The summed E-state index contributed by atoms with van der Waals surface area (Å²) in [4.78, 5) is 12.1. The third-order valence-corrected chi connectivity index (χ3v) is 2.58. The first kappa shape index (κ1) is 13.2. The normalized spacial score (nSPS) is 10.2. The van der Waals surface area contributed by atoms with E-state index in [4.69, 9.17) is 9.84 Å². The molecule has 0 bridgehead atoms. The van der Waals surface area contributed by atoms with E-state index in [2.05, 4.69) is 0 Å². The van der Waals surface area contributed by atoms with Gasteiger partial charge in [0.2, 0.25) is 0 Å². The van der Waals surface area contributed by atoms with Crippen molar-refractivity contribution in [1.82, 2.24) is 0 Å². The first-order chi connectivity index (χ1) is 9.20. The maximum Gasteiger partial charge on any atom is 0.193 e. The maximum absolute atomic E-state index is 12.8. The topological polar surface area (TPSA) is 46.5 Å². The molecule has 98 valence electrons. The van der Waals surface area contributed by atoms with Crippen molar-refractivity contribution >= 4 is 5.78 Å². The quantitative estimate of drug-likeness (QED) is 0.840. The van der Waals surface area contributed by atoms with Crippen LogP contribution in [0.5, 0.6) is 5.75 Å². The number of carbonyl (C=O) groups is 1. The SMILES string of the molecule is O=C(c1ccc(F)cc1)c1ccc(OCCO)cc1. The van der Waals surface area contributed by atoms with Crippen LogP contribution in [0.3, 0.4) is 0 Å². The zero-order valence-corrected chi connectivity index (χ0v) is 10.2. The lowest BCUT2D eigenvalue weighted by atomic mass is 10.0. The van der Waals surface area contributed by atoms with Crippen LogP contribution < -0.4 is 4.74 Å². The number of halogens is 1. The molecule has 0 saturated heterocycles. The number of hydrogen-bond acceptors (Lipinski definition) is 3. The molecule has 0 unspecified atom stereocenters. The molecule has 3 nitrogen and oxygen atoms in total. The average molecular weight is 260 g/mol. The van der Waals surface area contributed by atoms with Crippen LogP contribution in [0, 0.1) is 5.82 Å². The molecule has 0 aliphatic heterocycles. The minimum atomic E-state index is -0.371. The minimum Gasteiger partial charge on any atom is -0.491 e. The van der Waals surface area contributed by atoms with Crippen molar-refractivity contribution in [2.45, 2.75) is 0 Å². The molecule has 1 N–H and O–H groups in total. The lowest BCUT2D eigenvalue weighted by Crippen LogP contribution is -2.03. The molecule has 0 aliphatic carbocycles. The second-order valence-corrected chi connectivity index (χ2v) is 3.93. The van der Waals surface area contributed by atoms with Crippen LogP contribution in [0.15, 0.2) is 48.5 Å². The number of aliphatic hydroxyl groups is 1. The van der Waals surface area contributed by atoms with E-state index in [0.29, 0.717) is 16.9 Å². The van der Waals surface area contributed by atoms with Crippen LogP contribution in [-0.2, 0) is 0 Å². The summed E-state index contributed by atoms with van der Waals surface area (Å²) in [5, 5.41) is 8.63. The fourth-order valence-corrected chi connectivity index (χ4v) is 1.63. The second-order valence-electron chi connectivity index (χ2n) is 3.93. The summed E-state index contributed by atoms with van der Waals surface area (Å²) < 4.78 is 18.0. The third-order valence-electron chi connectivity index (χ3n) is 2.58. The highest BCUT2D eigenvalue weighted by Crippen LogP contribution is 2.15. The zero-order valence-electron chi connectivity index (χ0n) is 10.2. The van der Waals surface area contributed by atoms with Gasteiger partial charge >= 0.3 is 0 Å². The monoisotopic (exact) mass is 260 g/mol. The highest BCUT2D eigenvalue weighted by molar-refractivity contribution is 6.08. The van der Waals surface area contributed by atoms with E-state index >= 15 is 0 Å². The zero-order chi connectivity index (χ0) is 13.7. The molecule has 2 rings (SSSR count). The Morgan fingerprint density at radius 3 is 2.05 bits per heavy atom. The van der Waals surface area contributed by atoms with Gasteiger partial charge in [-0.15, -0.1) is 0 Å².